The van der Waals surface area contributed by atoms with E-state index in [1.54, 1.807) is 24.3 Å². The summed E-state index contributed by atoms with van der Waals surface area (Å²) in [7, 11) is -1.55. The normalized spacial score (nSPS) is 13.4. The highest BCUT2D eigenvalue weighted by Crippen LogP contribution is 2.26. The number of hydrogen-bond donors (Lipinski definition) is 3. The number of para-hydroxylation sites is 1. The minimum absolute atomic E-state index is 0.494. The van der Waals surface area contributed by atoms with Gasteiger partial charge in [0, 0.05) is 0 Å². The quantitative estimate of drug-likeness (QED) is 0.695. The topological polar surface area (TPSA) is 90.4 Å². The molecule has 0 amide bonds. The molecule has 90 valence electrons. The first kappa shape index (κ1) is 13.8. The van der Waals surface area contributed by atoms with E-state index in [0.717, 1.165) is 0 Å². The Balaban J connectivity index is 2.94. The summed E-state index contributed by atoms with van der Waals surface area (Å²) in [6, 6.07) is 6.97. The van der Waals surface area contributed by atoms with Crippen LogP contribution in [0.25, 0.3) is 0 Å². The van der Waals surface area contributed by atoms with Crippen molar-refractivity contribution in [3.05, 3.63) is 24.3 Å². The summed E-state index contributed by atoms with van der Waals surface area (Å²) >= 11 is 4.79. The zero-order chi connectivity index (χ0) is 12.2. The van der Waals surface area contributed by atoms with Gasteiger partial charge in [0.15, 0.2) is 0 Å². The minimum Gasteiger partial charge on any atom is -0.493 e. The average Bonchev–Trinajstić information content (AvgIpc) is 2.16. The average molecular weight is 279 g/mol. The highest BCUT2D eigenvalue weighted by atomic mass is 32.5. The van der Waals surface area contributed by atoms with Crippen LogP contribution in [0.2, 0.25) is 0 Å². The Hall–Kier alpha value is -0.300. The summed E-state index contributed by atoms with van der Waals surface area (Å²) in [5.41, 5.74) is 10.9. The zero-order valence-corrected chi connectivity index (χ0v) is 11.3. The fourth-order valence-electron chi connectivity index (χ4n) is 1.06. The summed E-state index contributed by atoms with van der Waals surface area (Å²) in [6.45, 7) is -0.354. The van der Waals surface area contributed by atoms with Crippen molar-refractivity contribution in [3.8, 4) is 5.75 Å². The molecule has 0 aliphatic carbocycles. The summed E-state index contributed by atoms with van der Waals surface area (Å²) in [5, 5.41) is 0. The molecule has 5 N–H and O–H groups in total. The predicted molar refractivity (Wildman–Crippen MR) is 69.8 cm³/mol. The Labute approximate surface area is 102 Å². The maximum Gasteiger partial charge on any atom is 0.144 e. The largest absolute Gasteiger partial charge is 0.493 e. The molecular formula is C8H14N3O2PS2. The van der Waals surface area contributed by atoms with Gasteiger partial charge in [0.25, 0.3) is 0 Å². The Bertz CT molecular complexity index is 435. The van der Waals surface area contributed by atoms with Crippen molar-refractivity contribution in [2.75, 3.05) is 6.61 Å². The van der Waals surface area contributed by atoms with Crippen LogP contribution in [0.3, 0.4) is 0 Å². The van der Waals surface area contributed by atoms with Gasteiger partial charge in [0.1, 0.15) is 23.2 Å². The van der Waals surface area contributed by atoms with Gasteiger partial charge in [-0.3, -0.25) is 11.0 Å². The van der Waals surface area contributed by atoms with E-state index in [-0.39, 0.29) is 0 Å². The van der Waals surface area contributed by atoms with E-state index in [2.05, 4.69) is 4.49 Å². The van der Waals surface area contributed by atoms with Crippen molar-refractivity contribution in [2.24, 2.45) is 11.0 Å². The Morgan fingerprint density at radius 3 is 2.69 bits per heavy atom. The van der Waals surface area contributed by atoms with Gasteiger partial charge >= 0.3 is 0 Å². The van der Waals surface area contributed by atoms with Crippen molar-refractivity contribution in [2.45, 2.75) is 11.8 Å². The lowest BCUT2D eigenvalue weighted by molar-refractivity contribution is 0.332. The smallest absolute Gasteiger partial charge is 0.144 e. The molecule has 1 aromatic rings. The monoisotopic (exact) mass is 279 g/mol. The summed E-state index contributed by atoms with van der Waals surface area (Å²) < 4.78 is 19.7. The standard InChI is InChI=1S/C8H14N3O2PS2/c1-2-13-7-5-3-4-6-8(7)16(12)11-14(9,10)15/h3-6H,2H2,1H3,(H5,9,10,11,15). The summed E-state index contributed by atoms with van der Waals surface area (Å²) in [4.78, 5) is 0.495. The maximum absolute atomic E-state index is 11.9. The number of ether oxygens (including phenoxy) is 1. The zero-order valence-electron chi connectivity index (χ0n) is 8.75. The second kappa shape index (κ2) is 5.86. The third-order valence-corrected chi connectivity index (χ3v) is 4.79. The highest BCUT2D eigenvalue weighted by Gasteiger charge is 2.14. The molecule has 1 unspecified atom stereocenters. The molecule has 0 aromatic heterocycles. The highest BCUT2D eigenvalue weighted by molar-refractivity contribution is 8.15. The van der Waals surface area contributed by atoms with Gasteiger partial charge in [-0.2, -0.15) is 4.49 Å². The van der Waals surface area contributed by atoms with Crippen LogP contribution in [0.15, 0.2) is 29.2 Å². The fourth-order valence-corrected chi connectivity index (χ4v) is 3.61. The van der Waals surface area contributed by atoms with Crippen molar-refractivity contribution >= 4 is 29.3 Å². The molecule has 0 fully saturated rings. The number of nitrogens with one attached hydrogen (secondary N) is 1. The molecule has 0 aliphatic rings. The van der Waals surface area contributed by atoms with E-state index in [1.807, 2.05) is 6.92 Å². The lowest BCUT2D eigenvalue weighted by Crippen LogP contribution is -2.24. The summed E-state index contributed by atoms with van der Waals surface area (Å²) in [5.74, 6) is 0.541. The molecule has 1 rings (SSSR count). The first-order valence-electron chi connectivity index (χ1n) is 4.52. The van der Waals surface area contributed by atoms with Gasteiger partial charge in [-0.1, -0.05) is 12.1 Å². The van der Waals surface area contributed by atoms with Crippen LogP contribution in [0, 0.1) is 0 Å². The molecule has 0 saturated heterocycles. The van der Waals surface area contributed by atoms with E-state index in [9.17, 15) is 4.21 Å². The Morgan fingerprint density at radius 2 is 2.12 bits per heavy atom. The number of benzene rings is 1. The van der Waals surface area contributed by atoms with Crippen molar-refractivity contribution in [1.29, 1.82) is 0 Å². The van der Waals surface area contributed by atoms with Crippen LogP contribution in [0.5, 0.6) is 5.75 Å². The van der Waals surface area contributed by atoms with E-state index in [0.29, 0.717) is 17.3 Å². The van der Waals surface area contributed by atoms with Crippen molar-refractivity contribution in [1.82, 2.24) is 4.49 Å². The Kier molecular flexibility index (Phi) is 5.04. The van der Waals surface area contributed by atoms with Crippen molar-refractivity contribution in [3.63, 3.8) is 0 Å². The molecule has 0 bridgehead atoms. The first-order chi connectivity index (χ1) is 7.44. The second-order valence-corrected chi connectivity index (χ2v) is 7.89. The van der Waals surface area contributed by atoms with E-state index in [1.165, 1.54) is 0 Å². The summed E-state index contributed by atoms with van der Waals surface area (Å²) in [6.07, 6.45) is 0. The van der Waals surface area contributed by atoms with Crippen LogP contribution in [-0.4, -0.2) is 10.8 Å². The van der Waals surface area contributed by atoms with E-state index >= 15 is 0 Å². The van der Waals surface area contributed by atoms with E-state index in [4.69, 9.17) is 27.6 Å². The molecule has 0 spiro atoms. The maximum atomic E-state index is 11.9. The van der Waals surface area contributed by atoms with Crippen LogP contribution in [0.1, 0.15) is 6.92 Å². The molecule has 0 saturated carbocycles. The molecule has 1 aromatic carbocycles. The lowest BCUT2D eigenvalue weighted by Gasteiger charge is -2.14. The fraction of sp³-hybridized carbons (Fsp3) is 0.250. The molecule has 0 heterocycles. The van der Waals surface area contributed by atoms with E-state index < -0.39 is 17.5 Å². The molecule has 16 heavy (non-hydrogen) atoms. The number of nitrogens with two attached hydrogens (primary N) is 2. The number of hydrogen-bond acceptors (Lipinski definition) is 3. The molecule has 1 atom stereocenters. The molecule has 5 nitrogen and oxygen atoms in total. The van der Waals surface area contributed by atoms with Gasteiger partial charge in [-0.25, -0.2) is 4.21 Å². The molecule has 8 heteroatoms. The SMILES string of the molecule is CCOc1ccccc1S(=O)NP(N)(N)=S. The minimum atomic E-state index is -2.70. The van der Waals surface area contributed by atoms with Crippen LogP contribution in [-0.2, 0) is 22.8 Å². The third-order valence-electron chi connectivity index (χ3n) is 1.57. The van der Waals surface area contributed by atoms with Gasteiger partial charge in [-0.05, 0) is 30.9 Å². The third kappa shape index (κ3) is 4.29. The van der Waals surface area contributed by atoms with Crippen LogP contribution in [0.4, 0.5) is 0 Å². The van der Waals surface area contributed by atoms with Crippen LogP contribution >= 0.6 is 6.49 Å². The second-order valence-electron chi connectivity index (χ2n) is 2.95. The van der Waals surface area contributed by atoms with Gasteiger partial charge in [-0.15, -0.1) is 0 Å². The van der Waals surface area contributed by atoms with Crippen LogP contribution < -0.4 is 20.2 Å². The predicted octanol–water partition coefficient (Wildman–Crippen LogP) is 0.839. The molecule has 0 radical (unpaired) electrons. The Morgan fingerprint density at radius 1 is 1.50 bits per heavy atom. The lowest BCUT2D eigenvalue weighted by atomic mass is 10.3. The molecule has 0 aliphatic heterocycles. The van der Waals surface area contributed by atoms with Gasteiger partial charge < -0.3 is 4.74 Å². The molecular weight excluding hydrogens is 265 g/mol. The van der Waals surface area contributed by atoms with Gasteiger partial charge in [0.2, 0.25) is 0 Å². The number of rotatable bonds is 5. The van der Waals surface area contributed by atoms with Gasteiger partial charge in [0.05, 0.1) is 11.5 Å². The first-order valence-corrected chi connectivity index (χ1v) is 8.62. The van der Waals surface area contributed by atoms with Crippen molar-refractivity contribution < 1.29 is 8.95 Å².